The number of benzene rings is 1. The van der Waals surface area contributed by atoms with Crippen molar-refractivity contribution in [3.63, 3.8) is 0 Å². The van der Waals surface area contributed by atoms with Crippen LogP contribution >= 0.6 is 0 Å². The third-order valence-corrected chi connectivity index (χ3v) is 2.81. The smallest absolute Gasteiger partial charge is 0.119 e. The Morgan fingerprint density at radius 1 is 1.33 bits per heavy atom. The molecule has 0 aliphatic rings. The molecule has 0 bridgehead atoms. The van der Waals surface area contributed by atoms with Gasteiger partial charge in [0.05, 0.1) is 19.3 Å². The Kier molecular flexibility index (Phi) is 8.48. The number of nitrogens with zero attached hydrogens (tertiary/aromatic N) is 1. The molecule has 1 aromatic carbocycles. The van der Waals surface area contributed by atoms with Gasteiger partial charge in [-0.2, -0.15) is 0 Å². The lowest BCUT2D eigenvalue weighted by Crippen LogP contribution is -2.34. The number of nitrogens with two attached hydrogens (primary N) is 1. The number of hydrogen-bond donors (Lipinski definition) is 2. The van der Waals surface area contributed by atoms with Gasteiger partial charge in [0.2, 0.25) is 0 Å². The molecule has 0 saturated heterocycles. The lowest BCUT2D eigenvalue weighted by Gasteiger charge is -2.20. The Morgan fingerprint density at radius 3 is 2.67 bits per heavy atom. The summed E-state index contributed by atoms with van der Waals surface area (Å²) in [4.78, 5) is 2.00. The third-order valence-electron chi connectivity index (χ3n) is 2.81. The van der Waals surface area contributed by atoms with Gasteiger partial charge in [-0.1, -0.05) is 11.8 Å². The molecule has 0 heterocycles. The van der Waals surface area contributed by atoms with Gasteiger partial charge in [-0.25, -0.2) is 0 Å². The van der Waals surface area contributed by atoms with Gasteiger partial charge in [0, 0.05) is 25.8 Å². The van der Waals surface area contributed by atoms with Crippen LogP contribution in [0.15, 0.2) is 24.3 Å². The van der Waals surface area contributed by atoms with Crippen LogP contribution < -0.4 is 10.5 Å². The van der Waals surface area contributed by atoms with Crippen molar-refractivity contribution in [3.8, 4) is 17.6 Å². The predicted octanol–water partition coefficient (Wildman–Crippen LogP) is 0.315. The Balaban J connectivity index is 2.29. The normalized spacial score (nSPS) is 11.9. The molecule has 0 fully saturated rings. The quantitative estimate of drug-likeness (QED) is 0.675. The van der Waals surface area contributed by atoms with Crippen LogP contribution in [0.3, 0.4) is 0 Å². The second kappa shape index (κ2) is 10.2. The molecule has 3 N–H and O–H groups in total. The van der Waals surface area contributed by atoms with Crippen molar-refractivity contribution in [1.29, 1.82) is 0 Å². The zero-order valence-corrected chi connectivity index (χ0v) is 12.7. The summed E-state index contributed by atoms with van der Waals surface area (Å²) in [6, 6.07) is 7.59. The van der Waals surface area contributed by atoms with E-state index in [0.29, 0.717) is 26.3 Å². The van der Waals surface area contributed by atoms with E-state index in [9.17, 15) is 5.11 Å². The summed E-state index contributed by atoms with van der Waals surface area (Å²) >= 11 is 0. The average molecular weight is 292 g/mol. The highest BCUT2D eigenvalue weighted by Gasteiger charge is 2.07. The first-order valence-electron chi connectivity index (χ1n) is 6.93. The SMILES string of the molecule is COCC(O)CN(C)CCOc1ccc(C#CCN)cc1. The van der Waals surface area contributed by atoms with E-state index in [-0.39, 0.29) is 0 Å². The zero-order chi connectivity index (χ0) is 15.5. The highest BCUT2D eigenvalue weighted by molar-refractivity contribution is 5.38. The first-order chi connectivity index (χ1) is 10.2. The molecule has 0 spiro atoms. The number of ether oxygens (including phenoxy) is 2. The van der Waals surface area contributed by atoms with E-state index in [1.807, 2.05) is 36.2 Å². The van der Waals surface area contributed by atoms with E-state index in [2.05, 4.69) is 11.8 Å². The molecule has 1 unspecified atom stereocenters. The summed E-state index contributed by atoms with van der Waals surface area (Å²) in [6.45, 7) is 2.56. The lowest BCUT2D eigenvalue weighted by molar-refractivity contribution is 0.0410. The maximum absolute atomic E-state index is 9.61. The number of rotatable bonds is 8. The molecule has 1 aromatic rings. The first kappa shape index (κ1) is 17.5. The van der Waals surface area contributed by atoms with Gasteiger partial charge in [-0.3, -0.25) is 0 Å². The van der Waals surface area contributed by atoms with Crippen LogP contribution in [0.1, 0.15) is 5.56 Å². The van der Waals surface area contributed by atoms with E-state index in [4.69, 9.17) is 15.2 Å². The van der Waals surface area contributed by atoms with Crippen LogP contribution in [0, 0.1) is 11.8 Å². The minimum atomic E-state index is -0.472. The van der Waals surface area contributed by atoms with Gasteiger partial charge < -0.3 is 25.2 Å². The van der Waals surface area contributed by atoms with E-state index < -0.39 is 6.10 Å². The molecule has 21 heavy (non-hydrogen) atoms. The summed E-state index contributed by atoms with van der Waals surface area (Å²) in [5.41, 5.74) is 6.25. The van der Waals surface area contributed by atoms with Crippen molar-refractivity contribution in [1.82, 2.24) is 4.90 Å². The third kappa shape index (κ3) is 7.69. The van der Waals surface area contributed by atoms with E-state index >= 15 is 0 Å². The van der Waals surface area contributed by atoms with Crippen molar-refractivity contribution < 1.29 is 14.6 Å². The molecule has 0 saturated carbocycles. The molecule has 0 aliphatic carbocycles. The van der Waals surface area contributed by atoms with Crippen molar-refractivity contribution in [2.24, 2.45) is 5.73 Å². The Hall–Kier alpha value is -1.58. The fourth-order valence-corrected chi connectivity index (χ4v) is 1.80. The van der Waals surface area contributed by atoms with Crippen molar-refractivity contribution >= 4 is 0 Å². The van der Waals surface area contributed by atoms with Gasteiger partial charge in [0.1, 0.15) is 12.4 Å². The molecule has 5 nitrogen and oxygen atoms in total. The zero-order valence-electron chi connectivity index (χ0n) is 12.7. The van der Waals surface area contributed by atoms with E-state index in [1.54, 1.807) is 7.11 Å². The minimum Gasteiger partial charge on any atom is -0.492 e. The van der Waals surface area contributed by atoms with Gasteiger partial charge in [0.25, 0.3) is 0 Å². The van der Waals surface area contributed by atoms with Crippen molar-refractivity contribution in [2.45, 2.75) is 6.10 Å². The molecule has 0 amide bonds. The molecule has 5 heteroatoms. The van der Waals surface area contributed by atoms with E-state index in [1.165, 1.54) is 0 Å². The monoisotopic (exact) mass is 292 g/mol. The Labute approximate surface area is 126 Å². The number of aliphatic hydroxyl groups excluding tert-OH is 1. The van der Waals surface area contributed by atoms with Gasteiger partial charge in [-0.05, 0) is 31.3 Å². The van der Waals surface area contributed by atoms with Gasteiger partial charge in [-0.15, -0.1) is 0 Å². The number of hydrogen-bond acceptors (Lipinski definition) is 5. The maximum atomic E-state index is 9.61. The van der Waals surface area contributed by atoms with Crippen LogP contribution in [0.4, 0.5) is 0 Å². The van der Waals surface area contributed by atoms with Crippen LogP contribution in [0.2, 0.25) is 0 Å². The molecular formula is C16H24N2O3. The van der Waals surface area contributed by atoms with Gasteiger partial charge in [0.15, 0.2) is 0 Å². The van der Waals surface area contributed by atoms with Crippen molar-refractivity contribution in [3.05, 3.63) is 29.8 Å². The summed E-state index contributed by atoms with van der Waals surface area (Å²) in [5.74, 6) is 6.57. The Bertz CT molecular complexity index is 451. The fourth-order valence-electron chi connectivity index (χ4n) is 1.80. The largest absolute Gasteiger partial charge is 0.492 e. The van der Waals surface area contributed by atoms with Gasteiger partial charge >= 0.3 is 0 Å². The molecule has 116 valence electrons. The standard InChI is InChI=1S/C16H24N2O3/c1-18(12-15(19)13-20-2)10-11-21-16-7-5-14(6-8-16)4-3-9-17/h5-8,15,19H,9-13,17H2,1-2H3. The highest BCUT2D eigenvalue weighted by Crippen LogP contribution is 2.11. The highest BCUT2D eigenvalue weighted by atomic mass is 16.5. The lowest BCUT2D eigenvalue weighted by atomic mass is 10.2. The minimum absolute atomic E-state index is 0.344. The van der Waals surface area contributed by atoms with Crippen LogP contribution in [-0.4, -0.2) is 63.1 Å². The summed E-state index contributed by atoms with van der Waals surface area (Å²) in [6.07, 6.45) is -0.472. The average Bonchev–Trinajstić information content (AvgIpc) is 2.46. The number of aliphatic hydroxyl groups is 1. The Morgan fingerprint density at radius 2 is 2.05 bits per heavy atom. The number of methoxy groups -OCH3 is 1. The molecular weight excluding hydrogens is 268 g/mol. The van der Waals surface area contributed by atoms with E-state index in [0.717, 1.165) is 17.9 Å². The topological polar surface area (TPSA) is 68.0 Å². The molecule has 0 radical (unpaired) electrons. The second-order valence-electron chi connectivity index (χ2n) is 4.75. The number of likely N-dealkylation sites (N-methyl/N-ethyl adjacent to an activating group) is 1. The predicted molar refractivity (Wildman–Crippen MR) is 83.2 cm³/mol. The summed E-state index contributed by atoms with van der Waals surface area (Å²) in [7, 11) is 3.52. The van der Waals surface area contributed by atoms with Crippen LogP contribution in [0.5, 0.6) is 5.75 Å². The van der Waals surface area contributed by atoms with Crippen LogP contribution in [0.25, 0.3) is 0 Å². The molecule has 1 atom stereocenters. The molecule has 0 aliphatic heterocycles. The first-order valence-corrected chi connectivity index (χ1v) is 6.93. The molecule has 1 rings (SSSR count). The van der Waals surface area contributed by atoms with Crippen LogP contribution in [-0.2, 0) is 4.74 Å². The fraction of sp³-hybridized carbons (Fsp3) is 0.500. The van der Waals surface area contributed by atoms with Crippen molar-refractivity contribution in [2.75, 3.05) is 47.0 Å². The maximum Gasteiger partial charge on any atom is 0.119 e. The second-order valence-corrected chi connectivity index (χ2v) is 4.75. The summed E-state index contributed by atoms with van der Waals surface area (Å²) < 4.78 is 10.5. The molecule has 0 aromatic heterocycles. The summed E-state index contributed by atoms with van der Waals surface area (Å²) in [5, 5.41) is 9.61.